The van der Waals surface area contributed by atoms with Crippen molar-refractivity contribution in [3.8, 4) is 0 Å². The Labute approximate surface area is 134 Å². The highest BCUT2D eigenvalue weighted by atomic mass is 16.5. The summed E-state index contributed by atoms with van der Waals surface area (Å²) in [6.07, 6.45) is 3.95. The summed E-state index contributed by atoms with van der Waals surface area (Å²) in [5.74, 6) is 0.918. The van der Waals surface area contributed by atoms with Gasteiger partial charge in [0, 0.05) is 37.4 Å². The molecular weight excluding hydrogens is 294 g/mol. The van der Waals surface area contributed by atoms with Crippen molar-refractivity contribution in [2.75, 3.05) is 6.54 Å². The molecular formula is C16H21N5O2. The van der Waals surface area contributed by atoms with Crippen LogP contribution in [0, 0.1) is 13.8 Å². The standard InChI is InChI=1S/C16H21N5O2/c1-10-14(11(2)23-19-10)8-20-7-13-5-6-17-21(13)15(9-20)16(22)18-12-3-4-12/h5-6,12,15H,3-4,7-9H2,1-2H3,(H,18,22). The highest BCUT2D eigenvalue weighted by Gasteiger charge is 2.34. The first-order chi connectivity index (χ1) is 11.1. The minimum atomic E-state index is -0.269. The first kappa shape index (κ1) is 14.4. The molecule has 1 aliphatic carbocycles. The maximum Gasteiger partial charge on any atom is 0.246 e. The van der Waals surface area contributed by atoms with Crippen molar-refractivity contribution in [2.45, 2.75) is 51.9 Å². The van der Waals surface area contributed by atoms with Crippen LogP contribution < -0.4 is 5.32 Å². The third-order valence-corrected chi connectivity index (χ3v) is 4.65. The highest BCUT2D eigenvalue weighted by molar-refractivity contribution is 5.81. The third-order valence-electron chi connectivity index (χ3n) is 4.65. The fourth-order valence-electron chi connectivity index (χ4n) is 3.15. The second kappa shape index (κ2) is 5.49. The zero-order valence-corrected chi connectivity index (χ0v) is 13.5. The lowest BCUT2D eigenvalue weighted by molar-refractivity contribution is -0.126. The average molecular weight is 315 g/mol. The molecule has 0 radical (unpaired) electrons. The number of amides is 1. The van der Waals surface area contributed by atoms with Gasteiger partial charge in [0.25, 0.3) is 0 Å². The summed E-state index contributed by atoms with van der Waals surface area (Å²) in [7, 11) is 0. The smallest absolute Gasteiger partial charge is 0.246 e. The Morgan fingerprint density at radius 3 is 2.96 bits per heavy atom. The minimum absolute atomic E-state index is 0.0703. The van der Waals surface area contributed by atoms with Crippen molar-refractivity contribution in [1.82, 2.24) is 25.2 Å². The number of aromatic nitrogens is 3. The summed E-state index contributed by atoms with van der Waals surface area (Å²) in [5.41, 5.74) is 3.10. The van der Waals surface area contributed by atoms with Crippen molar-refractivity contribution in [3.05, 3.63) is 35.0 Å². The van der Waals surface area contributed by atoms with E-state index in [0.29, 0.717) is 12.6 Å². The van der Waals surface area contributed by atoms with Crippen LogP contribution >= 0.6 is 0 Å². The molecule has 2 aromatic rings. The molecule has 1 atom stereocenters. The van der Waals surface area contributed by atoms with Crippen molar-refractivity contribution < 1.29 is 9.32 Å². The predicted molar refractivity (Wildman–Crippen MR) is 82.5 cm³/mol. The number of aryl methyl sites for hydroxylation is 2. The number of rotatable bonds is 4. The molecule has 1 saturated carbocycles. The Bertz CT molecular complexity index is 711. The predicted octanol–water partition coefficient (Wildman–Crippen LogP) is 1.32. The summed E-state index contributed by atoms with van der Waals surface area (Å²) in [5, 5.41) is 11.5. The van der Waals surface area contributed by atoms with Gasteiger partial charge in [0.2, 0.25) is 5.91 Å². The average Bonchev–Trinajstić information content (AvgIpc) is 3.12. The molecule has 1 aliphatic heterocycles. The van der Waals surface area contributed by atoms with Gasteiger partial charge in [-0.05, 0) is 32.8 Å². The van der Waals surface area contributed by atoms with Gasteiger partial charge in [-0.2, -0.15) is 5.10 Å². The lowest BCUT2D eigenvalue weighted by atomic mass is 10.1. The highest BCUT2D eigenvalue weighted by Crippen LogP contribution is 2.26. The second-order valence-electron chi connectivity index (χ2n) is 6.54. The monoisotopic (exact) mass is 315 g/mol. The molecule has 4 rings (SSSR count). The van der Waals surface area contributed by atoms with Crippen LogP contribution in [-0.4, -0.2) is 38.3 Å². The fourth-order valence-corrected chi connectivity index (χ4v) is 3.15. The number of hydrogen-bond donors (Lipinski definition) is 1. The number of nitrogens with one attached hydrogen (secondary N) is 1. The van der Waals surface area contributed by atoms with E-state index in [2.05, 4.69) is 20.5 Å². The molecule has 1 fully saturated rings. The summed E-state index contributed by atoms with van der Waals surface area (Å²) < 4.78 is 7.12. The van der Waals surface area contributed by atoms with Gasteiger partial charge >= 0.3 is 0 Å². The van der Waals surface area contributed by atoms with Crippen LogP contribution in [0.4, 0.5) is 0 Å². The van der Waals surface area contributed by atoms with Gasteiger partial charge in [-0.15, -0.1) is 0 Å². The first-order valence-corrected chi connectivity index (χ1v) is 8.08. The van der Waals surface area contributed by atoms with E-state index in [4.69, 9.17) is 4.52 Å². The minimum Gasteiger partial charge on any atom is -0.361 e. The van der Waals surface area contributed by atoms with Crippen molar-refractivity contribution in [1.29, 1.82) is 0 Å². The molecule has 7 nitrogen and oxygen atoms in total. The molecule has 3 heterocycles. The normalized spacial score (nSPS) is 21.2. The van der Waals surface area contributed by atoms with E-state index in [1.807, 2.05) is 24.6 Å². The van der Waals surface area contributed by atoms with E-state index in [1.54, 1.807) is 6.20 Å². The topological polar surface area (TPSA) is 76.2 Å². The van der Waals surface area contributed by atoms with Crippen molar-refractivity contribution in [2.24, 2.45) is 0 Å². The van der Waals surface area contributed by atoms with Crippen LogP contribution in [0.2, 0.25) is 0 Å². The number of hydrogen-bond acceptors (Lipinski definition) is 5. The quantitative estimate of drug-likeness (QED) is 0.921. The van der Waals surface area contributed by atoms with E-state index in [0.717, 1.165) is 48.6 Å². The van der Waals surface area contributed by atoms with Gasteiger partial charge < -0.3 is 9.84 Å². The lowest BCUT2D eigenvalue weighted by Gasteiger charge is -2.33. The van der Waals surface area contributed by atoms with Crippen LogP contribution in [0.5, 0.6) is 0 Å². The Balaban J connectivity index is 1.55. The number of nitrogens with zero attached hydrogens (tertiary/aromatic N) is 4. The van der Waals surface area contributed by atoms with Crippen LogP contribution in [0.15, 0.2) is 16.8 Å². The number of carbonyl (C=O) groups excluding carboxylic acids is 1. The van der Waals surface area contributed by atoms with E-state index in [-0.39, 0.29) is 11.9 Å². The van der Waals surface area contributed by atoms with Gasteiger partial charge in [-0.3, -0.25) is 14.4 Å². The maximum absolute atomic E-state index is 12.6. The Morgan fingerprint density at radius 2 is 2.26 bits per heavy atom. The lowest BCUT2D eigenvalue weighted by Crippen LogP contribution is -2.45. The second-order valence-corrected chi connectivity index (χ2v) is 6.54. The molecule has 1 amide bonds. The maximum atomic E-state index is 12.6. The molecule has 7 heteroatoms. The van der Waals surface area contributed by atoms with Crippen LogP contribution in [0.3, 0.4) is 0 Å². The van der Waals surface area contributed by atoms with Crippen molar-refractivity contribution in [3.63, 3.8) is 0 Å². The van der Waals surface area contributed by atoms with Gasteiger partial charge in [0.15, 0.2) is 0 Å². The Morgan fingerprint density at radius 1 is 1.43 bits per heavy atom. The van der Waals surface area contributed by atoms with Crippen molar-refractivity contribution >= 4 is 5.91 Å². The summed E-state index contributed by atoms with van der Waals surface area (Å²) >= 11 is 0. The van der Waals surface area contributed by atoms with E-state index < -0.39 is 0 Å². The van der Waals surface area contributed by atoms with E-state index in [1.165, 1.54) is 0 Å². The summed E-state index contributed by atoms with van der Waals surface area (Å²) in [6, 6.07) is 2.07. The zero-order valence-electron chi connectivity index (χ0n) is 13.5. The molecule has 0 aromatic carbocycles. The molecule has 1 unspecified atom stereocenters. The molecule has 1 N–H and O–H groups in total. The first-order valence-electron chi connectivity index (χ1n) is 8.08. The molecule has 0 saturated heterocycles. The fraction of sp³-hybridized carbons (Fsp3) is 0.562. The number of fused-ring (bicyclic) bond motifs is 1. The zero-order chi connectivity index (χ0) is 16.0. The van der Waals surface area contributed by atoms with Gasteiger partial charge in [0.1, 0.15) is 11.8 Å². The molecule has 122 valence electrons. The van der Waals surface area contributed by atoms with E-state index in [9.17, 15) is 4.79 Å². The molecule has 0 bridgehead atoms. The van der Waals surface area contributed by atoms with Gasteiger partial charge in [0.05, 0.1) is 11.4 Å². The SMILES string of the molecule is Cc1noc(C)c1CN1Cc2ccnn2C(C(=O)NC2CC2)C1. The summed E-state index contributed by atoms with van der Waals surface area (Å²) in [4.78, 5) is 14.8. The molecule has 0 spiro atoms. The molecule has 2 aliphatic rings. The Hall–Kier alpha value is -2.15. The van der Waals surface area contributed by atoms with E-state index >= 15 is 0 Å². The summed E-state index contributed by atoms with van der Waals surface area (Å²) in [6.45, 7) is 6.05. The largest absolute Gasteiger partial charge is 0.361 e. The number of carbonyl (C=O) groups is 1. The van der Waals surface area contributed by atoms with Crippen LogP contribution in [0.1, 0.15) is 41.6 Å². The van der Waals surface area contributed by atoms with Crippen LogP contribution in [-0.2, 0) is 17.9 Å². The molecule has 23 heavy (non-hydrogen) atoms. The molecule has 2 aromatic heterocycles. The third kappa shape index (κ3) is 2.76. The van der Waals surface area contributed by atoms with Gasteiger partial charge in [-0.1, -0.05) is 5.16 Å². The van der Waals surface area contributed by atoms with Crippen LogP contribution in [0.25, 0.3) is 0 Å². The van der Waals surface area contributed by atoms with Gasteiger partial charge in [-0.25, -0.2) is 0 Å². The Kier molecular flexibility index (Phi) is 3.45.